The molecule has 0 bridgehead atoms. The first-order chi connectivity index (χ1) is 30.6. The lowest BCUT2D eigenvalue weighted by Crippen LogP contribution is -2.30. The molecule has 0 spiro atoms. The highest BCUT2D eigenvalue weighted by Crippen LogP contribution is 2.32. The van der Waals surface area contributed by atoms with Crippen molar-refractivity contribution in [1.82, 2.24) is 40.2 Å². The molecule has 2 saturated carbocycles. The van der Waals surface area contributed by atoms with Gasteiger partial charge in [-0.25, -0.2) is 19.3 Å². The van der Waals surface area contributed by atoms with Crippen LogP contribution in [-0.2, 0) is 13.1 Å². The minimum absolute atomic E-state index is 0.131. The molecule has 4 heterocycles. The second-order valence-corrected chi connectivity index (χ2v) is 16.4. The smallest absolute Gasteiger partial charge is 0.255 e. The van der Waals surface area contributed by atoms with Gasteiger partial charge in [0.1, 0.15) is 0 Å². The highest BCUT2D eigenvalue weighted by Gasteiger charge is 2.26. The molecule has 2 atom stereocenters. The van der Waals surface area contributed by atoms with Gasteiger partial charge in [-0.05, 0) is 97.1 Å². The Hall–Kier alpha value is -6.84. The standard InChI is InChI=1S/C24H30N6O2.C23H28N6O2/c1-4-30-23-20(14-26-30)22(28-18-9-11-19(29-32)12-10-18)21(13-25-23)24(31)27-16(3)17-7-5-15(2)6-8-17;1-3-29-22-19(14-25-29)21(27-17-9-11-18(28-31)12-10-17)20(13-24-22)23(30)26-15(2)16-7-5-4-6-8-16/h5-8,13-14,16,18,32H,4,9-12H2,1-3H3,(H,25,28)(H,27,31);4-8,13-15,17,31H,3,9-12H2,1-2H3,(H,24,27)(H,26,30)/t16-,18?;/m1./s1. The van der Waals surface area contributed by atoms with Gasteiger partial charge in [0.25, 0.3) is 11.8 Å². The van der Waals surface area contributed by atoms with Crippen molar-refractivity contribution in [2.45, 2.75) is 123 Å². The van der Waals surface area contributed by atoms with Gasteiger partial charge in [-0.2, -0.15) is 10.2 Å². The molecule has 2 aliphatic rings. The van der Waals surface area contributed by atoms with E-state index in [-0.39, 0.29) is 36.0 Å². The lowest BCUT2D eigenvalue weighted by Gasteiger charge is -2.26. The predicted octanol–water partition coefficient (Wildman–Crippen LogP) is 8.56. The first-order valence-corrected chi connectivity index (χ1v) is 22.0. The van der Waals surface area contributed by atoms with Crippen LogP contribution in [0.4, 0.5) is 11.4 Å². The van der Waals surface area contributed by atoms with Gasteiger partial charge >= 0.3 is 0 Å². The zero-order valence-corrected chi connectivity index (χ0v) is 36.7. The van der Waals surface area contributed by atoms with E-state index >= 15 is 0 Å². The van der Waals surface area contributed by atoms with Crippen LogP contribution in [0.5, 0.6) is 0 Å². The van der Waals surface area contributed by atoms with Gasteiger partial charge < -0.3 is 31.7 Å². The Kier molecular flexibility index (Phi) is 14.3. The van der Waals surface area contributed by atoms with Crippen molar-refractivity contribution in [3.8, 4) is 0 Å². The van der Waals surface area contributed by atoms with E-state index in [0.29, 0.717) is 24.2 Å². The molecule has 0 saturated heterocycles. The topological polar surface area (TPSA) is 209 Å². The number of anilines is 2. The second kappa shape index (κ2) is 20.4. The van der Waals surface area contributed by atoms with Crippen molar-refractivity contribution < 1.29 is 20.0 Å². The maximum Gasteiger partial charge on any atom is 0.255 e. The summed E-state index contributed by atoms with van der Waals surface area (Å²) in [6, 6.07) is 18.1. The van der Waals surface area contributed by atoms with Gasteiger partial charge in [-0.3, -0.25) is 9.59 Å². The average molecular weight is 855 g/mol. The highest BCUT2D eigenvalue weighted by molar-refractivity contribution is 6.07. The summed E-state index contributed by atoms with van der Waals surface area (Å²) >= 11 is 0. The van der Waals surface area contributed by atoms with Gasteiger partial charge in [-0.15, -0.1) is 0 Å². The van der Waals surface area contributed by atoms with Gasteiger partial charge in [0.05, 0.1) is 69.2 Å². The fourth-order valence-electron chi connectivity index (χ4n) is 8.28. The number of aryl methyl sites for hydroxylation is 3. The molecule has 1 unspecified atom stereocenters. The number of hydrogen-bond donors (Lipinski definition) is 6. The van der Waals surface area contributed by atoms with Crippen molar-refractivity contribution in [2.24, 2.45) is 10.3 Å². The number of carbonyl (C=O) groups excluding carboxylic acids is 2. The molecule has 330 valence electrons. The molecular formula is C47H58N12O4. The predicted molar refractivity (Wildman–Crippen MR) is 246 cm³/mol. The average Bonchev–Trinajstić information content (AvgIpc) is 3.95. The molecule has 4 aromatic heterocycles. The molecule has 6 aromatic rings. The first kappa shape index (κ1) is 44.2. The molecule has 2 fully saturated rings. The van der Waals surface area contributed by atoms with Crippen LogP contribution in [0.2, 0.25) is 0 Å². The van der Waals surface area contributed by atoms with Crippen molar-refractivity contribution >= 4 is 56.7 Å². The number of rotatable bonds is 12. The van der Waals surface area contributed by atoms with Crippen molar-refractivity contribution in [2.75, 3.05) is 10.6 Å². The van der Waals surface area contributed by atoms with Crippen LogP contribution in [0.25, 0.3) is 22.1 Å². The highest BCUT2D eigenvalue weighted by atomic mass is 16.4. The minimum atomic E-state index is -0.175. The third kappa shape index (κ3) is 10.3. The van der Waals surface area contributed by atoms with E-state index in [2.05, 4.69) is 51.7 Å². The van der Waals surface area contributed by atoms with Crippen LogP contribution >= 0.6 is 0 Å². The van der Waals surface area contributed by atoms with Gasteiger partial charge in [-0.1, -0.05) is 70.5 Å². The number of benzene rings is 2. The summed E-state index contributed by atoms with van der Waals surface area (Å²) in [5, 5.41) is 48.7. The monoisotopic (exact) mass is 854 g/mol. The Morgan fingerprint density at radius 1 is 0.651 bits per heavy atom. The number of nitrogens with one attached hydrogen (secondary N) is 4. The molecule has 16 nitrogen and oxygen atoms in total. The third-order valence-electron chi connectivity index (χ3n) is 12.1. The maximum atomic E-state index is 13.3. The van der Waals surface area contributed by atoms with Crippen LogP contribution in [0.1, 0.15) is 129 Å². The molecule has 16 heteroatoms. The fourth-order valence-corrected chi connectivity index (χ4v) is 8.28. The Labute approximate surface area is 367 Å². The number of amides is 2. The maximum absolute atomic E-state index is 13.3. The SMILES string of the molecule is CCn1ncc2c(NC3CCC(=NO)CC3)c(C(=O)NC(C)c3ccccc3)cnc21.CCn1ncc2c(NC3CCC(=NO)CC3)c(C(=O)N[C@H](C)c3ccc(C)cc3)cnc21. The Balaban J connectivity index is 0.000000189. The van der Waals surface area contributed by atoms with Crippen molar-refractivity contribution in [3.63, 3.8) is 0 Å². The largest absolute Gasteiger partial charge is 0.411 e. The quantitative estimate of drug-likeness (QED) is 0.0510. The summed E-state index contributed by atoms with van der Waals surface area (Å²) in [5.41, 5.74) is 8.98. The Morgan fingerprint density at radius 3 is 1.46 bits per heavy atom. The molecule has 63 heavy (non-hydrogen) atoms. The molecule has 6 N–H and O–H groups in total. The summed E-state index contributed by atoms with van der Waals surface area (Å²) in [4.78, 5) is 35.6. The van der Waals surface area contributed by atoms with E-state index in [1.165, 1.54) is 5.56 Å². The summed E-state index contributed by atoms with van der Waals surface area (Å²) in [6.45, 7) is 11.4. The first-order valence-electron chi connectivity index (χ1n) is 22.0. The van der Waals surface area contributed by atoms with Crippen molar-refractivity contribution in [1.29, 1.82) is 0 Å². The van der Waals surface area contributed by atoms with Gasteiger partial charge in [0.2, 0.25) is 0 Å². The zero-order chi connectivity index (χ0) is 44.5. The van der Waals surface area contributed by atoms with Crippen molar-refractivity contribution in [3.05, 3.63) is 107 Å². The number of fused-ring (bicyclic) bond motifs is 2. The Bertz CT molecular complexity index is 2560. The third-order valence-corrected chi connectivity index (χ3v) is 12.1. The second-order valence-electron chi connectivity index (χ2n) is 16.4. The molecule has 2 aromatic carbocycles. The van der Waals surface area contributed by atoms with E-state index in [1.54, 1.807) is 24.8 Å². The zero-order valence-electron chi connectivity index (χ0n) is 36.7. The molecule has 0 radical (unpaired) electrons. The van der Waals surface area contributed by atoms with Crippen LogP contribution in [0.3, 0.4) is 0 Å². The van der Waals surface area contributed by atoms with E-state index in [9.17, 15) is 9.59 Å². The van der Waals surface area contributed by atoms with E-state index in [0.717, 1.165) is 107 Å². The van der Waals surface area contributed by atoms with E-state index in [1.807, 2.05) is 98.6 Å². The summed E-state index contributed by atoms with van der Waals surface area (Å²) in [5.74, 6) is -0.349. The van der Waals surface area contributed by atoms with Crippen LogP contribution in [-0.4, -0.2) is 75.3 Å². The number of hydrogen-bond acceptors (Lipinski definition) is 12. The fraction of sp³-hybridized carbons (Fsp3) is 0.404. The van der Waals surface area contributed by atoms with Crippen LogP contribution in [0, 0.1) is 6.92 Å². The summed E-state index contributed by atoms with van der Waals surface area (Å²) in [6.07, 6.45) is 13.1. The Morgan fingerprint density at radius 2 is 1.06 bits per heavy atom. The normalized spacial score (nSPS) is 17.3. The minimum Gasteiger partial charge on any atom is -0.411 e. The lowest BCUT2D eigenvalue weighted by molar-refractivity contribution is 0.0932. The summed E-state index contributed by atoms with van der Waals surface area (Å²) < 4.78 is 3.65. The number of nitrogens with zero attached hydrogens (tertiary/aromatic N) is 8. The van der Waals surface area contributed by atoms with Crippen LogP contribution in [0.15, 0.2) is 89.7 Å². The lowest BCUT2D eigenvalue weighted by atomic mass is 9.93. The number of carbonyl (C=O) groups is 2. The molecular weight excluding hydrogens is 797 g/mol. The van der Waals surface area contributed by atoms with Gasteiger partial charge in [0.15, 0.2) is 11.3 Å². The molecule has 2 aliphatic carbocycles. The van der Waals surface area contributed by atoms with Gasteiger partial charge in [0, 0.05) is 37.6 Å². The molecule has 2 amide bonds. The number of aromatic nitrogens is 6. The van der Waals surface area contributed by atoms with E-state index in [4.69, 9.17) is 10.4 Å². The molecule has 0 aliphatic heterocycles. The number of pyridine rings is 2. The summed E-state index contributed by atoms with van der Waals surface area (Å²) in [7, 11) is 0. The van der Waals surface area contributed by atoms with Crippen LogP contribution < -0.4 is 21.3 Å². The van der Waals surface area contributed by atoms with E-state index < -0.39 is 0 Å². The number of oxime groups is 2. The molecule has 8 rings (SSSR count).